The van der Waals surface area contributed by atoms with Crippen molar-refractivity contribution in [2.75, 3.05) is 0 Å². The van der Waals surface area contributed by atoms with E-state index in [0.717, 1.165) is 5.92 Å². The summed E-state index contributed by atoms with van der Waals surface area (Å²) in [4.78, 5) is 0. The number of allylic oxidation sites excluding steroid dienone is 1. The van der Waals surface area contributed by atoms with Gasteiger partial charge in [-0.05, 0) is 38.5 Å². The van der Waals surface area contributed by atoms with E-state index in [-0.39, 0.29) is 0 Å². The van der Waals surface area contributed by atoms with E-state index in [0.29, 0.717) is 0 Å². The first kappa shape index (κ1) is 14.2. The van der Waals surface area contributed by atoms with Gasteiger partial charge in [0.2, 0.25) is 9.04 Å². The molecule has 93 valence electrons. The second-order valence-electron chi connectivity index (χ2n) is 5.97. The fourth-order valence-corrected chi connectivity index (χ4v) is 6.97. The molecule has 0 atom stereocenters. The monoisotopic (exact) mass is 255 g/mol. The predicted octanol–water partition coefficient (Wildman–Crippen LogP) is 4.53. The zero-order valence-electron chi connectivity index (χ0n) is 11.4. The molecule has 0 amide bonds. The highest BCUT2D eigenvalue weighted by molar-refractivity contribution is 6.78. The summed E-state index contributed by atoms with van der Waals surface area (Å²) in [6, 6.07) is 0. The van der Waals surface area contributed by atoms with Crippen LogP contribution in [0.1, 0.15) is 38.5 Å². The summed E-state index contributed by atoms with van der Waals surface area (Å²) in [6.45, 7) is 9.09. The highest BCUT2D eigenvalue weighted by atomic mass is 28.4. The fourth-order valence-electron chi connectivity index (χ4n) is 2.37. The molecule has 1 rings (SSSR count). The first-order valence-electron chi connectivity index (χ1n) is 6.66. The van der Waals surface area contributed by atoms with Gasteiger partial charge in [-0.1, -0.05) is 43.9 Å². The molecule has 1 fully saturated rings. The molecule has 1 radical (unpaired) electrons. The Morgan fingerprint density at radius 2 is 1.81 bits per heavy atom. The van der Waals surface area contributed by atoms with E-state index in [1.54, 1.807) is 0 Å². The number of hydrogen-bond donors (Lipinski definition) is 0. The van der Waals surface area contributed by atoms with Crippen LogP contribution in [0, 0.1) is 5.92 Å². The highest BCUT2D eigenvalue weighted by Gasteiger charge is 2.17. The first-order valence-corrected chi connectivity index (χ1v) is 12.1. The Morgan fingerprint density at radius 1 is 1.19 bits per heavy atom. The van der Waals surface area contributed by atoms with Crippen LogP contribution in [0.3, 0.4) is 0 Å². The van der Waals surface area contributed by atoms with Crippen molar-refractivity contribution in [3.8, 4) is 0 Å². The maximum Gasteiger partial charge on any atom is 0.223 e. The molecule has 1 aliphatic rings. The molecule has 0 heterocycles. The van der Waals surface area contributed by atoms with Crippen molar-refractivity contribution in [3.63, 3.8) is 0 Å². The van der Waals surface area contributed by atoms with Crippen molar-refractivity contribution >= 4 is 17.4 Å². The lowest BCUT2D eigenvalue weighted by Crippen LogP contribution is -2.32. The molecule has 0 aromatic heterocycles. The molecule has 0 unspecified atom stereocenters. The summed E-state index contributed by atoms with van der Waals surface area (Å²) in [7, 11) is -1.98. The van der Waals surface area contributed by atoms with E-state index in [2.05, 4.69) is 38.0 Å². The Morgan fingerprint density at radius 3 is 2.38 bits per heavy atom. The molecule has 1 aliphatic carbocycles. The van der Waals surface area contributed by atoms with Gasteiger partial charge in [0, 0.05) is 0 Å². The Kier molecular flexibility index (Phi) is 6.01. The second-order valence-corrected chi connectivity index (χ2v) is 12.6. The first-order chi connectivity index (χ1) is 7.47. The van der Waals surface area contributed by atoms with Crippen LogP contribution in [-0.4, -0.2) is 17.4 Å². The molecule has 0 aliphatic heterocycles. The second kappa shape index (κ2) is 6.77. The van der Waals surface area contributed by atoms with Gasteiger partial charge in [-0.15, -0.1) is 0 Å². The Hall–Kier alpha value is 0.134. The minimum Gasteiger partial charge on any atom is -0.453 e. The predicted molar refractivity (Wildman–Crippen MR) is 76.4 cm³/mol. The SMILES string of the molecule is C[Si](/C=C/CC1CCCCC1)O[Si](C)(C)C. The van der Waals surface area contributed by atoms with Crippen molar-refractivity contribution in [3.05, 3.63) is 11.8 Å². The largest absolute Gasteiger partial charge is 0.453 e. The van der Waals surface area contributed by atoms with Crippen molar-refractivity contribution < 1.29 is 4.12 Å². The van der Waals surface area contributed by atoms with Crippen LogP contribution in [-0.2, 0) is 4.12 Å². The minimum atomic E-state index is -1.32. The third-order valence-corrected chi connectivity index (χ3v) is 7.46. The fraction of sp³-hybridized carbons (Fsp3) is 0.846. The standard InChI is InChI=1S/C13H27OSi2/c1-15(14-16(2,3)4)12-8-11-13-9-6-5-7-10-13/h8,12-13H,5-7,9-11H2,1-4H3/b12-8+. The van der Waals surface area contributed by atoms with E-state index < -0.39 is 17.4 Å². The van der Waals surface area contributed by atoms with Crippen LogP contribution >= 0.6 is 0 Å². The van der Waals surface area contributed by atoms with Crippen LogP contribution in [0.2, 0.25) is 26.2 Å². The van der Waals surface area contributed by atoms with E-state index in [1.807, 2.05) is 0 Å². The molecule has 0 aromatic carbocycles. The summed E-state index contributed by atoms with van der Waals surface area (Å²) in [5.41, 5.74) is 2.36. The molecule has 1 saturated carbocycles. The van der Waals surface area contributed by atoms with Gasteiger partial charge in [-0.3, -0.25) is 0 Å². The molecule has 0 spiro atoms. The Bertz CT molecular complexity index is 214. The van der Waals surface area contributed by atoms with Crippen LogP contribution in [0.15, 0.2) is 11.8 Å². The van der Waals surface area contributed by atoms with Gasteiger partial charge in [0.25, 0.3) is 0 Å². The summed E-state index contributed by atoms with van der Waals surface area (Å²) >= 11 is 0. The van der Waals surface area contributed by atoms with E-state index >= 15 is 0 Å². The normalized spacial score (nSPS) is 19.8. The quantitative estimate of drug-likeness (QED) is 0.656. The summed E-state index contributed by atoms with van der Waals surface area (Å²) in [6.07, 6.45) is 10.9. The lowest BCUT2D eigenvalue weighted by atomic mass is 9.87. The molecule has 3 heteroatoms. The van der Waals surface area contributed by atoms with Crippen molar-refractivity contribution in [2.45, 2.75) is 64.7 Å². The Labute approximate surface area is 104 Å². The molecule has 0 saturated heterocycles. The zero-order valence-corrected chi connectivity index (χ0v) is 13.4. The third kappa shape index (κ3) is 6.66. The lowest BCUT2D eigenvalue weighted by Gasteiger charge is -2.21. The number of hydrogen-bond acceptors (Lipinski definition) is 1. The zero-order chi connectivity index (χ0) is 12.0. The average Bonchev–Trinajstić information content (AvgIpc) is 2.16. The van der Waals surface area contributed by atoms with Gasteiger partial charge in [-0.2, -0.15) is 0 Å². The third-order valence-electron chi connectivity index (χ3n) is 3.01. The molecule has 0 N–H and O–H groups in total. The van der Waals surface area contributed by atoms with Crippen LogP contribution < -0.4 is 0 Å². The van der Waals surface area contributed by atoms with E-state index in [1.165, 1.54) is 38.5 Å². The smallest absolute Gasteiger partial charge is 0.223 e. The highest BCUT2D eigenvalue weighted by Crippen LogP contribution is 2.26. The van der Waals surface area contributed by atoms with Crippen molar-refractivity contribution in [1.82, 2.24) is 0 Å². The molecule has 1 nitrogen and oxygen atoms in total. The lowest BCUT2D eigenvalue weighted by molar-refractivity contribution is 0.361. The summed E-state index contributed by atoms with van der Waals surface area (Å²) < 4.78 is 6.08. The van der Waals surface area contributed by atoms with Crippen molar-refractivity contribution in [1.29, 1.82) is 0 Å². The van der Waals surface area contributed by atoms with E-state index in [4.69, 9.17) is 4.12 Å². The molecular weight excluding hydrogens is 228 g/mol. The van der Waals surface area contributed by atoms with Crippen LogP contribution in [0.5, 0.6) is 0 Å². The minimum absolute atomic E-state index is 0.666. The maximum absolute atomic E-state index is 6.08. The van der Waals surface area contributed by atoms with Gasteiger partial charge < -0.3 is 4.12 Å². The summed E-state index contributed by atoms with van der Waals surface area (Å²) in [5, 5.41) is 0. The summed E-state index contributed by atoms with van der Waals surface area (Å²) in [5.74, 6) is 0.965. The van der Waals surface area contributed by atoms with Gasteiger partial charge in [-0.25, -0.2) is 0 Å². The van der Waals surface area contributed by atoms with Gasteiger partial charge in [0.1, 0.15) is 0 Å². The van der Waals surface area contributed by atoms with Crippen LogP contribution in [0.4, 0.5) is 0 Å². The molecule has 16 heavy (non-hydrogen) atoms. The Balaban J connectivity index is 2.20. The molecule has 0 bridgehead atoms. The van der Waals surface area contributed by atoms with Gasteiger partial charge in [0.05, 0.1) is 0 Å². The van der Waals surface area contributed by atoms with E-state index in [9.17, 15) is 0 Å². The van der Waals surface area contributed by atoms with Gasteiger partial charge in [0.15, 0.2) is 8.32 Å². The molecular formula is C13H27OSi2. The molecule has 0 aromatic rings. The van der Waals surface area contributed by atoms with Crippen LogP contribution in [0.25, 0.3) is 0 Å². The average molecular weight is 256 g/mol. The van der Waals surface area contributed by atoms with Gasteiger partial charge >= 0.3 is 0 Å². The van der Waals surface area contributed by atoms with Crippen molar-refractivity contribution in [2.24, 2.45) is 5.92 Å². The number of rotatable bonds is 5. The topological polar surface area (TPSA) is 9.23 Å². The maximum atomic E-state index is 6.08.